The first-order valence-corrected chi connectivity index (χ1v) is 8.83. The van der Waals surface area contributed by atoms with Gasteiger partial charge in [-0.2, -0.15) is 0 Å². The van der Waals surface area contributed by atoms with Crippen molar-refractivity contribution in [3.05, 3.63) is 65.2 Å². The quantitative estimate of drug-likeness (QED) is 0.728. The summed E-state index contributed by atoms with van der Waals surface area (Å²) >= 11 is 0. The number of rotatable bonds is 2. The Hall–Kier alpha value is -1.76. The van der Waals surface area contributed by atoms with Gasteiger partial charge in [0.1, 0.15) is 5.75 Å². The fraction of sp³-hybridized carbons (Fsp3) is 0.455. The van der Waals surface area contributed by atoms with Gasteiger partial charge in [-0.25, -0.2) is 0 Å². The van der Waals surface area contributed by atoms with E-state index < -0.39 is 0 Å². The first-order chi connectivity index (χ1) is 10.9. The summed E-state index contributed by atoms with van der Waals surface area (Å²) in [5.41, 5.74) is 3.82. The van der Waals surface area contributed by atoms with Gasteiger partial charge in [0.05, 0.1) is 0 Å². The van der Waals surface area contributed by atoms with Gasteiger partial charge in [0.25, 0.3) is 0 Å². The zero-order valence-electron chi connectivity index (χ0n) is 14.6. The molecule has 1 nitrogen and oxygen atoms in total. The van der Waals surface area contributed by atoms with Crippen LogP contribution in [0.15, 0.2) is 48.5 Å². The molecule has 1 aliphatic carbocycles. The molecule has 23 heavy (non-hydrogen) atoms. The van der Waals surface area contributed by atoms with Crippen LogP contribution in [0, 0.1) is 0 Å². The maximum Gasteiger partial charge on any atom is 0.119 e. The number of aromatic hydroxyl groups is 1. The number of hydrogen-bond donors (Lipinski definition) is 1. The van der Waals surface area contributed by atoms with Crippen molar-refractivity contribution in [3.63, 3.8) is 0 Å². The lowest BCUT2D eigenvalue weighted by molar-refractivity contribution is 0.332. The van der Waals surface area contributed by atoms with Gasteiger partial charge < -0.3 is 5.11 Å². The molecule has 1 aliphatic rings. The van der Waals surface area contributed by atoms with E-state index in [4.69, 9.17) is 0 Å². The molecule has 0 aromatic heterocycles. The zero-order valence-corrected chi connectivity index (χ0v) is 14.6. The second-order valence-electron chi connectivity index (χ2n) is 7.99. The number of phenolic OH excluding ortho intramolecular Hbond substituents is 1. The lowest BCUT2D eigenvalue weighted by atomic mass is 9.64. The van der Waals surface area contributed by atoms with E-state index in [0.717, 1.165) is 18.4 Å². The Balaban J connectivity index is 2.18. The maximum absolute atomic E-state index is 10.7. The van der Waals surface area contributed by atoms with Crippen LogP contribution in [0.5, 0.6) is 5.75 Å². The van der Waals surface area contributed by atoms with Crippen LogP contribution in [0.2, 0.25) is 0 Å². The van der Waals surface area contributed by atoms with E-state index in [-0.39, 0.29) is 10.8 Å². The summed E-state index contributed by atoms with van der Waals surface area (Å²) in [6, 6.07) is 17.0. The van der Waals surface area contributed by atoms with Crippen molar-refractivity contribution in [3.8, 4) is 5.75 Å². The molecule has 1 fully saturated rings. The third kappa shape index (κ3) is 3.02. The fourth-order valence-corrected chi connectivity index (χ4v) is 4.01. The first-order valence-electron chi connectivity index (χ1n) is 8.83. The predicted molar refractivity (Wildman–Crippen MR) is 97.1 cm³/mol. The second-order valence-corrected chi connectivity index (χ2v) is 7.99. The van der Waals surface area contributed by atoms with E-state index >= 15 is 0 Å². The highest BCUT2D eigenvalue weighted by molar-refractivity contribution is 5.49. The van der Waals surface area contributed by atoms with Gasteiger partial charge in [0, 0.05) is 11.0 Å². The molecule has 0 aliphatic heterocycles. The molecule has 122 valence electrons. The standard InChI is InChI=1S/C22H28O/c1-21(2,3)18-12-13-20(23)19(16-18)22(14-8-5-9-15-22)17-10-6-4-7-11-17/h4,6-7,10-13,16,23H,5,8-9,14-15H2,1-3H3. The second kappa shape index (κ2) is 6.03. The molecule has 0 amide bonds. The summed E-state index contributed by atoms with van der Waals surface area (Å²) in [5, 5.41) is 10.7. The van der Waals surface area contributed by atoms with Crippen LogP contribution < -0.4 is 0 Å². The third-order valence-corrected chi connectivity index (χ3v) is 5.41. The molecule has 0 spiro atoms. The minimum Gasteiger partial charge on any atom is -0.508 e. The highest BCUT2D eigenvalue weighted by Gasteiger charge is 2.38. The van der Waals surface area contributed by atoms with Gasteiger partial charge in [-0.05, 0) is 35.4 Å². The number of benzene rings is 2. The molecule has 0 heterocycles. The Labute approximate surface area is 140 Å². The lowest BCUT2D eigenvalue weighted by Gasteiger charge is -2.39. The third-order valence-electron chi connectivity index (χ3n) is 5.41. The molecular formula is C22H28O. The monoisotopic (exact) mass is 308 g/mol. The average Bonchev–Trinajstić information content (AvgIpc) is 2.55. The molecule has 3 rings (SSSR count). The van der Waals surface area contributed by atoms with E-state index in [1.165, 1.54) is 30.4 Å². The van der Waals surface area contributed by atoms with Crippen LogP contribution in [-0.4, -0.2) is 5.11 Å². The van der Waals surface area contributed by atoms with Crippen LogP contribution in [0.25, 0.3) is 0 Å². The summed E-state index contributed by atoms with van der Waals surface area (Å²) < 4.78 is 0. The van der Waals surface area contributed by atoms with Crippen LogP contribution >= 0.6 is 0 Å². The first kappa shape index (κ1) is 16.1. The molecule has 2 aromatic carbocycles. The maximum atomic E-state index is 10.7. The molecular weight excluding hydrogens is 280 g/mol. The van der Waals surface area contributed by atoms with Gasteiger partial charge in [-0.3, -0.25) is 0 Å². The van der Waals surface area contributed by atoms with Crippen molar-refractivity contribution < 1.29 is 5.11 Å². The molecule has 0 radical (unpaired) electrons. The van der Waals surface area contributed by atoms with Crippen molar-refractivity contribution in [1.29, 1.82) is 0 Å². The molecule has 1 saturated carbocycles. The molecule has 0 bridgehead atoms. The van der Waals surface area contributed by atoms with Gasteiger partial charge >= 0.3 is 0 Å². The minimum atomic E-state index is -0.0369. The fourth-order valence-electron chi connectivity index (χ4n) is 4.01. The predicted octanol–water partition coefficient (Wildman–Crippen LogP) is 5.94. The Morgan fingerprint density at radius 2 is 1.52 bits per heavy atom. The van der Waals surface area contributed by atoms with Crippen molar-refractivity contribution in [2.75, 3.05) is 0 Å². The van der Waals surface area contributed by atoms with Crippen LogP contribution in [0.3, 0.4) is 0 Å². The summed E-state index contributed by atoms with van der Waals surface area (Å²) in [4.78, 5) is 0. The SMILES string of the molecule is CC(C)(C)c1ccc(O)c(C2(c3ccccc3)CCCCC2)c1. The van der Waals surface area contributed by atoms with Gasteiger partial charge in [0.2, 0.25) is 0 Å². The van der Waals surface area contributed by atoms with Gasteiger partial charge in [0.15, 0.2) is 0 Å². The Bertz CT molecular complexity index is 658. The van der Waals surface area contributed by atoms with E-state index in [1.807, 2.05) is 6.07 Å². The zero-order chi connectivity index (χ0) is 16.5. The van der Waals surface area contributed by atoms with Crippen molar-refractivity contribution in [2.45, 2.75) is 63.7 Å². The van der Waals surface area contributed by atoms with Gasteiger partial charge in [-0.15, -0.1) is 0 Å². The van der Waals surface area contributed by atoms with Crippen molar-refractivity contribution in [1.82, 2.24) is 0 Å². The molecule has 2 aromatic rings. The van der Waals surface area contributed by atoms with E-state index in [0.29, 0.717) is 5.75 Å². The van der Waals surface area contributed by atoms with Crippen LogP contribution in [0.4, 0.5) is 0 Å². The van der Waals surface area contributed by atoms with Crippen molar-refractivity contribution in [2.24, 2.45) is 0 Å². The van der Waals surface area contributed by atoms with Gasteiger partial charge in [-0.1, -0.05) is 82.5 Å². The van der Waals surface area contributed by atoms with E-state index in [2.05, 4.69) is 63.2 Å². The topological polar surface area (TPSA) is 20.2 Å². The Kier molecular flexibility index (Phi) is 4.23. The molecule has 0 atom stereocenters. The summed E-state index contributed by atoms with van der Waals surface area (Å²) in [6.45, 7) is 6.71. The largest absolute Gasteiger partial charge is 0.508 e. The number of hydrogen-bond acceptors (Lipinski definition) is 1. The summed E-state index contributed by atoms with van der Waals surface area (Å²) in [6.07, 6.45) is 6.01. The number of phenols is 1. The van der Waals surface area contributed by atoms with Crippen LogP contribution in [0.1, 0.15) is 69.6 Å². The highest BCUT2D eigenvalue weighted by atomic mass is 16.3. The molecule has 0 unspecified atom stereocenters. The average molecular weight is 308 g/mol. The summed E-state index contributed by atoms with van der Waals surface area (Å²) in [5.74, 6) is 0.448. The Morgan fingerprint density at radius 3 is 2.13 bits per heavy atom. The summed E-state index contributed by atoms with van der Waals surface area (Å²) in [7, 11) is 0. The molecule has 0 saturated heterocycles. The van der Waals surface area contributed by atoms with Crippen LogP contribution in [-0.2, 0) is 10.8 Å². The molecule has 1 heteroatoms. The smallest absolute Gasteiger partial charge is 0.119 e. The lowest BCUT2D eigenvalue weighted by Crippen LogP contribution is -2.31. The van der Waals surface area contributed by atoms with Crippen molar-refractivity contribution >= 4 is 0 Å². The van der Waals surface area contributed by atoms with E-state index in [9.17, 15) is 5.11 Å². The highest BCUT2D eigenvalue weighted by Crippen LogP contribution is 2.48. The Morgan fingerprint density at radius 1 is 0.870 bits per heavy atom. The molecule has 1 N–H and O–H groups in total. The normalized spacial score (nSPS) is 17.9. The van der Waals surface area contributed by atoms with E-state index in [1.54, 1.807) is 0 Å². The minimum absolute atomic E-state index is 0.0369.